The molecule has 0 fully saturated rings. The van der Waals surface area contributed by atoms with E-state index >= 15 is 0 Å². The lowest BCUT2D eigenvalue weighted by atomic mass is 10.1. The van der Waals surface area contributed by atoms with E-state index in [0.29, 0.717) is 0 Å². The van der Waals surface area contributed by atoms with E-state index < -0.39 is 16.1 Å². The summed E-state index contributed by atoms with van der Waals surface area (Å²) < 4.78 is 35.6. The third-order valence-electron chi connectivity index (χ3n) is 3.03. The number of benzene rings is 1. The average molecular weight is 326 g/mol. The van der Waals surface area contributed by atoms with Crippen LogP contribution in [0.15, 0.2) is 41.3 Å². The molecule has 0 heterocycles. The van der Waals surface area contributed by atoms with Crippen LogP contribution in [0.4, 0.5) is 0 Å². The lowest BCUT2D eigenvalue weighted by Crippen LogP contribution is -2.06. The van der Waals surface area contributed by atoms with Crippen LogP contribution in [0, 0.1) is 0 Å². The van der Waals surface area contributed by atoms with Crippen molar-refractivity contribution in [2.75, 3.05) is 0 Å². The van der Waals surface area contributed by atoms with Crippen LogP contribution in [0.3, 0.4) is 0 Å². The van der Waals surface area contributed by atoms with Crippen LogP contribution in [-0.2, 0) is 14.9 Å². The summed E-state index contributed by atoms with van der Waals surface area (Å²) in [5.74, 6) is -0.168. The molecule has 0 aromatic heterocycles. The van der Waals surface area contributed by atoms with E-state index in [-0.39, 0.29) is 17.1 Å². The van der Waals surface area contributed by atoms with Gasteiger partial charge in [-0.15, -0.1) is 0 Å². The molecular weight excluding hydrogens is 304 g/mol. The van der Waals surface area contributed by atoms with Crippen molar-refractivity contribution in [2.24, 2.45) is 0 Å². The van der Waals surface area contributed by atoms with Crippen molar-refractivity contribution in [1.29, 1.82) is 0 Å². The largest absolute Gasteiger partial charge is 0.426 e. The van der Waals surface area contributed by atoms with E-state index in [1.165, 1.54) is 43.5 Å². The van der Waals surface area contributed by atoms with E-state index in [9.17, 15) is 13.2 Å². The average Bonchev–Trinajstić information content (AvgIpc) is 2.46. The van der Waals surface area contributed by atoms with Crippen molar-refractivity contribution >= 4 is 16.1 Å². The van der Waals surface area contributed by atoms with Crippen molar-refractivity contribution in [3.8, 4) is 5.75 Å². The van der Waals surface area contributed by atoms with Crippen LogP contribution >= 0.6 is 0 Å². The maximum absolute atomic E-state index is 11.6. The lowest BCUT2D eigenvalue weighted by Gasteiger charge is -2.03. The molecule has 6 heteroatoms. The zero-order valence-corrected chi connectivity index (χ0v) is 13.5. The molecule has 0 aliphatic carbocycles. The maximum atomic E-state index is 11.6. The smallest absolute Gasteiger partial charge is 0.315 e. The Morgan fingerprint density at radius 2 is 1.82 bits per heavy atom. The number of carbonyl (C=O) groups is 1. The standard InChI is InChI=1S/C16H22O5S/c1-2-3-4-5-6-7-8-9-16(17)21-14-10-12-15(13-11-14)22(18,19)20/h7-8,10-13H,2-6,9H2,1H3,(H,18,19,20). The van der Waals surface area contributed by atoms with Gasteiger partial charge in [0.15, 0.2) is 0 Å². The molecule has 1 rings (SSSR count). The minimum absolute atomic E-state index is 0.174. The van der Waals surface area contributed by atoms with Crippen LogP contribution in [-0.4, -0.2) is 18.9 Å². The van der Waals surface area contributed by atoms with Crippen LogP contribution < -0.4 is 4.74 Å². The van der Waals surface area contributed by atoms with Crippen molar-refractivity contribution in [1.82, 2.24) is 0 Å². The lowest BCUT2D eigenvalue weighted by molar-refractivity contribution is -0.133. The van der Waals surface area contributed by atoms with Crippen LogP contribution in [0.25, 0.3) is 0 Å². The summed E-state index contributed by atoms with van der Waals surface area (Å²) in [6.45, 7) is 2.16. The Labute approximate surface area is 131 Å². The van der Waals surface area contributed by atoms with Gasteiger partial charge in [0.25, 0.3) is 10.1 Å². The van der Waals surface area contributed by atoms with Crippen LogP contribution in [0.2, 0.25) is 0 Å². The van der Waals surface area contributed by atoms with Gasteiger partial charge in [0.2, 0.25) is 0 Å². The third kappa shape index (κ3) is 7.38. The number of hydrogen-bond donors (Lipinski definition) is 1. The Balaban J connectivity index is 2.34. The van der Waals surface area contributed by atoms with Gasteiger partial charge in [0.1, 0.15) is 5.75 Å². The Kier molecular flexibility index (Phi) is 7.84. The monoisotopic (exact) mass is 326 g/mol. The molecule has 122 valence electrons. The predicted octanol–water partition coefficient (Wildman–Crippen LogP) is 3.76. The summed E-state index contributed by atoms with van der Waals surface area (Å²) in [6.07, 6.45) is 9.63. The normalized spacial score (nSPS) is 11.7. The summed E-state index contributed by atoms with van der Waals surface area (Å²) in [5, 5.41) is 0. The fourth-order valence-corrected chi connectivity index (χ4v) is 2.32. The van der Waals surface area contributed by atoms with E-state index in [1.807, 2.05) is 6.08 Å². The molecule has 1 aromatic rings. The number of hydrogen-bond acceptors (Lipinski definition) is 4. The molecule has 0 radical (unpaired) electrons. The molecule has 0 aliphatic rings. The second kappa shape index (κ2) is 9.38. The summed E-state index contributed by atoms with van der Waals surface area (Å²) in [7, 11) is -4.23. The number of rotatable bonds is 9. The number of unbranched alkanes of at least 4 members (excludes halogenated alkanes) is 4. The first-order chi connectivity index (χ1) is 10.4. The highest BCUT2D eigenvalue weighted by molar-refractivity contribution is 7.85. The second-order valence-corrected chi connectivity index (χ2v) is 6.37. The predicted molar refractivity (Wildman–Crippen MR) is 84.4 cm³/mol. The summed E-state index contributed by atoms with van der Waals surface area (Å²) in [5.41, 5.74) is 0. The van der Waals surface area contributed by atoms with E-state index in [0.717, 1.165) is 12.8 Å². The molecule has 0 bridgehead atoms. The quantitative estimate of drug-likeness (QED) is 0.246. The summed E-state index contributed by atoms with van der Waals surface area (Å²) >= 11 is 0. The molecule has 0 spiro atoms. The molecule has 1 N–H and O–H groups in total. The number of esters is 1. The van der Waals surface area contributed by atoms with Gasteiger partial charge in [-0.05, 0) is 37.1 Å². The molecule has 0 aliphatic heterocycles. The van der Waals surface area contributed by atoms with Gasteiger partial charge in [0, 0.05) is 0 Å². The highest BCUT2D eigenvalue weighted by Gasteiger charge is 2.09. The zero-order valence-electron chi connectivity index (χ0n) is 12.7. The van der Waals surface area contributed by atoms with Gasteiger partial charge in [-0.3, -0.25) is 9.35 Å². The molecule has 22 heavy (non-hydrogen) atoms. The molecule has 0 amide bonds. The van der Waals surface area contributed by atoms with Crippen LogP contribution in [0.5, 0.6) is 5.75 Å². The molecule has 0 saturated heterocycles. The number of carbonyl (C=O) groups excluding carboxylic acids is 1. The van der Waals surface area contributed by atoms with Crippen LogP contribution in [0.1, 0.15) is 45.4 Å². The Hall–Kier alpha value is -1.66. The van der Waals surface area contributed by atoms with Crippen molar-refractivity contribution < 1.29 is 22.5 Å². The molecule has 0 saturated carbocycles. The first-order valence-electron chi connectivity index (χ1n) is 7.36. The number of ether oxygens (including phenoxy) is 1. The second-order valence-electron chi connectivity index (χ2n) is 4.95. The van der Waals surface area contributed by atoms with Gasteiger partial charge < -0.3 is 4.74 Å². The minimum Gasteiger partial charge on any atom is -0.426 e. The van der Waals surface area contributed by atoms with Crippen molar-refractivity contribution in [3.63, 3.8) is 0 Å². The van der Waals surface area contributed by atoms with Gasteiger partial charge >= 0.3 is 5.97 Å². The highest BCUT2D eigenvalue weighted by atomic mass is 32.2. The first-order valence-corrected chi connectivity index (χ1v) is 8.80. The third-order valence-corrected chi connectivity index (χ3v) is 3.90. The van der Waals surface area contributed by atoms with Crippen molar-refractivity contribution in [3.05, 3.63) is 36.4 Å². The van der Waals surface area contributed by atoms with Gasteiger partial charge in [0.05, 0.1) is 11.3 Å². The summed E-state index contributed by atoms with van der Waals surface area (Å²) in [4.78, 5) is 11.4. The number of allylic oxidation sites excluding steroid dienone is 1. The van der Waals surface area contributed by atoms with E-state index in [2.05, 4.69) is 6.92 Å². The molecular formula is C16H22O5S. The zero-order chi connectivity index (χ0) is 16.4. The molecule has 0 unspecified atom stereocenters. The fourth-order valence-electron chi connectivity index (χ4n) is 1.84. The SMILES string of the molecule is CCCCCCC=CCC(=O)Oc1ccc(S(=O)(=O)O)cc1. The fraction of sp³-hybridized carbons (Fsp3) is 0.438. The van der Waals surface area contributed by atoms with E-state index in [1.54, 1.807) is 6.08 Å². The van der Waals surface area contributed by atoms with Gasteiger partial charge in [-0.2, -0.15) is 8.42 Å². The molecule has 0 atom stereocenters. The highest BCUT2D eigenvalue weighted by Crippen LogP contribution is 2.16. The summed E-state index contributed by atoms with van der Waals surface area (Å²) in [6, 6.07) is 5.02. The topological polar surface area (TPSA) is 80.7 Å². The molecule has 1 aromatic carbocycles. The van der Waals surface area contributed by atoms with Gasteiger partial charge in [-0.25, -0.2) is 0 Å². The van der Waals surface area contributed by atoms with Gasteiger partial charge in [-0.1, -0.05) is 38.3 Å². The van der Waals surface area contributed by atoms with E-state index in [4.69, 9.17) is 9.29 Å². The first kappa shape index (κ1) is 18.4. The minimum atomic E-state index is -4.23. The molecule has 5 nitrogen and oxygen atoms in total. The Bertz CT molecular complexity index is 587. The Morgan fingerprint density at radius 1 is 1.14 bits per heavy atom. The van der Waals surface area contributed by atoms with Crippen molar-refractivity contribution in [2.45, 2.75) is 50.3 Å². The Morgan fingerprint density at radius 3 is 2.41 bits per heavy atom. The maximum Gasteiger partial charge on any atom is 0.315 e.